The fourth-order valence-electron chi connectivity index (χ4n) is 4.62. The van der Waals surface area contributed by atoms with Crippen molar-refractivity contribution in [1.82, 2.24) is 4.90 Å². The van der Waals surface area contributed by atoms with Crippen LogP contribution in [0, 0.1) is 6.92 Å². The number of para-hydroxylation sites is 1. The maximum Gasteiger partial charge on any atom is 0.295 e. The van der Waals surface area contributed by atoms with Gasteiger partial charge >= 0.3 is 0 Å². The van der Waals surface area contributed by atoms with Crippen LogP contribution in [0.25, 0.3) is 5.76 Å². The van der Waals surface area contributed by atoms with E-state index in [1.807, 2.05) is 76.2 Å². The molecule has 198 valence electrons. The minimum absolute atomic E-state index is 0.00159. The molecule has 1 atom stereocenters. The van der Waals surface area contributed by atoms with Crippen LogP contribution in [-0.4, -0.2) is 41.5 Å². The van der Waals surface area contributed by atoms with Gasteiger partial charge in [-0.1, -0.05) is 48.0 Å². The van der Waals surface area contributed by atoms with Crippen LogP contribution in [0.4, 0.5) is 0 Å². The van der Waals surface area contributed by atoms with Gasteiger partial charge in [0.25, 0.3) is 11.7 Å². The third kappa shape index (κ3) is 5.37. The molecule has 0 bridgehead atoms. The van der Waals surface area contributed by atoms with Gasteiger partial charge in [-0.2, -0.15) is 0 Å². The van der Waals surface area contributed by atoms with Gasteiger partial charge in [-0.15, -0.1) is 0 Å². The van der Waals surface area contributed by atoms with E-state index in [0.717, 1.165) is 11.1 Å². The molecule has 4 rings (SSSR count). The van der Waals surface area contributed by atoms with Crippen molar-refractivity contribution in [2.24, 2.45) is 0 Å². The van der Waals surface area contributed by atoms with Gasteiger partial charge in [0.05, 0.1) is 37.9 Å². The number of carbonyl (C=O) groups excluding carboxylic acids is 2. The fraction of sp³-hybridized carbons (Fsp3) is 0.290. The summed E-state index contributed by atoms with van der Waals surface area (Å²) in [5.41, 5.74) is 2.27. The summed E-state index contributed by atoms with van der Waals surface area (Å²) in [6.45, 7) is 7.90. The van der Waals surface area contributed by atoms with Crippen molar-refractivity contribution in [2.75, 3.05) is 14.2 Å². The number of Topliss-reactive ketones (excluding diaryl/α,β-unsaturated/α-hetero) is 1. The van der Waals surface area contributed by atoms with E-state index in [1.54, 1.807) is 18.2 Å². The zero-order valence-electron chi connectivity index (χ0n) is 22.6. The van der Waals surface area contributed by atoms with Crippen LogP contribution in [0.5, 0.6) is 17.2 Å². The Kier molecular flexibility index (Phi) is 7.49. The van der Waals surface area contributed by atoms with Gasteiger partial charge in [-0.25, -0.2) is 0 Å². The maximum atomic E-state index is 13.5. The number of aliphatic hydroxyl groups is 1. The molecule has 1 amide bonds. The molecule has 7 nitrogen and oxygen atoms in total. The molecule has 0 aliphatic carbocycles. The summed E-state index contributed by atoms with van der Waals surface area (Å²) in [4.78, 5) is 28.5. The Morgan fingerprint density at radius 2 is 1.66 bits per heavy atom. The molecule has 1 N–H and O–H groups in total. The highest BCUT2D eigenvalue weighted by Crippen LogP contribution is 2.43. The van der Waals surface area contributed by atoms with Crippen molar-refractivity contribution < 1.29 is 28.9 Å². The topological polar surface area (TPSA) is 85.3 Å². The Hall–Kier alpha value is -4.26. The number of aryl methyl sites for hydroxylation is 1. The zero-order valence-corrected chi connectivity index (χ0v) is 22.6. The number of benzene rings is 3. The van der Waals surface area contributed by atoms with Crippen molar-refractivity contribution >= 4 is 17.4 Å². The van der Waals surface area contributed by atoms with E-state index in [2.05, 4.69) is 0 Å². The molecular formula is C31H33NO6. The van der Waals surface area contributed by atoms with Gasteiger partial charge < -0.3 is 24.2 Å². The van der Waals surface area contributed by atoms with E-state index in [9.17, 15) is 14.7 Å². The molecule has 0 saturated carbocycles. The fourth-order valence-corrected chi connectivity index (χ4v) is 4.62. The Bertz CT molecular complexity index is 1400. The highest BCUT2D eigenvalue weighted by molar-refractivity contribution is 6.46. The van der Waals surface area contributed by atoms with E-state index in [-0.39, 0.29) is 17.9 Å². The first-order valence-electron chi connectivity index (χ1n) is 12.4. The number of ketones is 1. The standard InChI is InChI=1S/C31H33NO6/c1-19-10-9-12-20(16-19)27-26(28(33)23-15-14-22(36-5)17-25(23)37-6)29(34)30(35)32(27)18-21-11-7-8-13-24(21)38-31(2,3)4/h7-17,27,33H,18H2,1-6H3/b28-26-. The lowest BCUT2D eigenvalue weighted by atomic mass is 9.94. The number of hydrogen-bond acceptors (Lipinski definition) is 6. The van der Waals surface area contributed by atoms with Crippen LogP contribution >= 0.6 is 0 Å². The summed E-state index contributed by atoms with van der Waals surface area (Å²) in [6, 6.07) is 19.1. The number of rotatable bonds is 7. The van der Waals surface area contributed by atoms with E-state index >= 15 is 0 Å². The summed E-state index contributed by atoms with van der Waals surface area (Å²) in [7, 11) is 2.99. The first-order chi connectivity index (χ1) is 18.0. The zero-order chi connectivity index (χ0) is 27.6. The summed E-state index contributed by atoms with van der Waals surface area (Å²) in [5.74, 6) is -0.292. The molecular weight excluding hydrogens is 482 g/mol. The van der Waals surface area contributed by atoms with Crippen molar-refractivity contribution in [3.8, 4) is 17.2 Å². The van der Waals surface area contributed by atoms with Crippen LogP contribution < -0.4 is 14.2 Å². The molecule has 0 spiro atoms. The molecule has 0 radical (unpaired) electrons. The first-order valence-corrected chi connectivity index (χ1v) is 12.4. The Labute approximate surface area is 223 Å². The van der Waals surface area contributed by atoms with Crippen LogP contribution in [0.1, 0.15) is 49.1 Å². The van der Waals surface area contributed by atoms with E-state index in [1.165, 1.54) is 19.1 Å². The molecule has 3 aromatic carbocycles. The lowest BCUT2D eigenvalue weighted by molar-refractivity contribution is -0.140. The second-order valence-corrected chi connectivity index (χ2v) is 10.2. The normalized spacial score (nSPS) is 17.0. The van der Waals surface area contributed by atoms with Crippen molar-refractivity contribution in [3.05, 3.63) is 94.6 Å². The van der Waals surface area contributed by atoms with Gasteiger partial charge in [0.2, 0.25) is 0 Å². The number of amides is 1. The van der Waals surface area contributed by atoms with Crippen LogP contribution in [0.15, 0.2) is 72.3 Å². The van der Waals surface area contributed by atoms with Gasteiger partial charge in [-0.3, -0.25) is 9.59 Å². The number of methoxy groups -OCH3 is 2. The summed E-state index contributed by atoms with van der Waals surface area (Å²) in [5, 5.41) is 11.5. The molecule has 1 fully saturated rings. The van der Waals surface area contributed by atoms with E-state index < -0.39 is 23.3 Å². The van der Waals surface area contributed by atoms with Gasteiger partial charge in [-0.05, 0) is 51.5 Å². The van der Waals surface area contributed by atoms with Crippen molar-refractivity contribution in [2.45, 2.75) is 45.9 Å². The predicted molar refractivity (Wildman–Crippen MR) is 145 cm³/mol. The van der Waals surface area contributed by atoms with Crippen LogP contribution in [-0.2, 0) is 16.1 Å². The molecule has 0 aromatic heterocycles. The minimum Gasteiger partial charge on any atom is -0.507 e. The Morgan fingerprint density at radius 3 is 2.32 bits per heavy atom. The smallest absolute Gasteiger partial charge is 0.295 e. The summed E-state index contributed by atoms with van der Waals surface area (Å²) in [6.07, 6.45) is 0. The monoisotopic (exact) mass is 515 g/mol. The minimum atomic E-state index is -0.815. The maximum absolute atomic E-state index is 13.5. The Balaban J connectivity index is 1.88. The average molecular weight is 516 g/mol. The lowest BCUT2D eigenvalue weighted by Gasteiger charge is -2.28. The van der Waals surface area contributed by atoms with E-state index in [4.69, 9.17) is 14.2 Å². The second kappa shape index (κ2) is 10.6. The van der Waals surface area contributed by atoms with Gasteiger partial charge in [0.1, 0.15) is 28.6 Å². The molecule has 1 heterocycles. The third-order valence-electron chi connectivity index (χ3n) is 6.29. The molecule has 3 aromatic rings. The average Bonchev–Trinajstić information content (AvgIpc) is 3.13. The number of ether oxygens (including phenoxy) is 3. The van der Waals surface area contributed by atoms with Crippen molar-refractivity contribution in [1.29, 1.82) is 0 Å². The molecule has 1 saturated heterocycles. The highest BCUT2D eigenvalue weighted by atomic mass is 16.5. The molecule has 38 heavy (non-hydrogen) atoms. The number of likely N-dealkylation sites (tertiary alicyclic amines) is 1. The molecule has 1 aliphatic heterocycles. The van der Waals surface area contributed by atoms with Crippen LogP contribution in [0.3, 0.4) is 0 Å². The highest BCUT2D eigenvalue weighted by Gasteiger charge is 2.46. The van der Waals surface area contributed by atoms with Crippen molar-refractivity contribution in [3.63, 3.8) is 0 Å². The van der Waals surface area contributed by atoms with Gasteiger partial charge in [0.15, 0.2) is 0 Å². The SMILES string of the molecule is COc1ccc(/C(O)=C2/C(=O)C(=O)N(Cc3ccccc3OC(C)(C)C)C2c2cccc(C)c2)c(OC)c1. The first kappa shape index (κ1) is 26.8. The third-order valence-corrected chi connectivity index (χ3v) is 6.29. The number of nitrogens with zero attached hydrogens (tertiary/aromatic N) is 1. The van der Waals surface area contributed by atoms with E-state index in [0.29, 0.717) is 28.4 Å². The second-order valence-electron chi connectivity index (χ2n) is 10.2. The number of aliphatic hydroxyl groups excluding tert-OH is 1. The molecule has 1 unspecified atom stereocenters. The Morgan fingerprint density at radius 1 is 0.921 bits per heavy atom. The molecule has 7 heteroatoms. The lowest BCUT2D eigenvalue weighted by Crippen LogP contribution is -2.30. The number of carbonyl (C=O) groups is 2. The quantitative estimate of drug-likeness (QED) is 0.243. The van der Waals surface area contributed by atoms with Gasteiger partial charge in [0, 0.05) is 11.6 Å². The predicted octanol–water partition coefficient (Wildman–Crippen LogP) is 5.81. The van der Waals surface area contributed by atoms with Crippen LogP contribution in [0.2, 0.25) is 0 Å². The summed E-state index contributed by atoms with van der Waals surface area (Å²) >= 11 is 0. The molecule has 1 aliphatic rings. The number of hydrogen-bond donors (Lipinski definition) is 1. The largest absolute Gasteiger partial charge is 0.507 e. The summed E-state index contributed by atoms with van der Waals surface area (Å²) < 4.78 is 16.9.